The van der Waals surface area contributed by atoms with Crippen molar-refractivity contribution in [1.29, 1.82) is 0 Å². The van der Waals surface area contributed by atoms with Gasteiger partial charge in [0.1, 0.15) is 0 Å². The summed E-state index contributed by atoms with van der Waals surface area (Å²) in [5, 5.41) is 9.64. The van der Waals surface area contributed by atoms with Gasteiger partial charge in [-0.3, -0.25) is 14.7 Å². The molecule has 8 nitrogen and oxygen atoms in total. The summed E-state index contributed by atoms with van der Waals surface area (Å²) in [7, 11) is 3.45. The zero-order valence-electron chi connectivity index (χ0n) is 18.5. The van der Waals surface area contributed by atoms with Crippen LogP contribution in [0.3, 0.4) is 0 Å². The first-order valence-corrected chi connectivity index (χ1v) is 11.1. The lowest BCUT2D eigenvalue weighted by Crippen LogP contribution is -2.54. The second kappa shape index (κ2) is 11.5. The lowest BCUT2D eigenvalue weighted by Gasteiger charge is -2.36. The Morgan fingerprint density at radius 2 is 1.97 bits per heavy atom. The summed E-state index contributed by atoms with van der Waals surface area (Å²) in [4.78, 5) is 25.5. The van der Waals surface area contributed by atoms with E-state index in [9.17, 15) is 4.79 Å². The fourth-order valence-electron chi connectivity index (χ4n) is 3.05. The summed E-state index contributed by atoms with van der Waals surface area (Å²) in [5.41, 5.74) is 1.25. The molecule has 2 N–H and O–H groups in total. The van der Waals surface area contributed by atoms with Crippen molar-refractivity contribution < 1.29 is 9.53 Å². The van der Waals surface area contributed by atoms with Crippen LogP contribution in [0, 0.1) is 0 Å². The third-order valence-corrected chi connectivity index (χ3v) is 5.73. The van der Waals surface area contributed by atoms with E-state index in [0.717, 1.165) is 55.8 Å². The zero-order valence-corrected chi connectivity index (χ0v) is 19.3. The number of aromatic nitrogens is 1. The molecule has 0 spiro atoms. The van der Waals surface area contributed by atoms with E-state index in [2.05, 4.69) is 51.6 Å². The Hall–Kier alpha value is -1.71. The Labute approximate surface area is 178 Å². The lowest BCUT2D eigenvalue weighted by molar-refractivity contribution is -0.122. The SMILES string of the molecule is CN=C(NCCc1nc(C(C)(C)C)cs1)N1CCN(CC(=O)NCCOC)CC1. The number of rotatable bonds is 8. The topological polar surface area (TPSA) is 82.1 Å². The minimum Gasteiger partial charge on any atom is -0.383 e. The standard InChI is InChI=1S/C20H36N6O2S/c1-20(2,3)16-15-29-18(24-16)6-7-23-19(21-4)26-11-9-25(10-12-26)14-17(27)22-8-13-28-5/h15H,6-14H2,1-5H3,(H,21,23)(H,22,27). The van der Waals surface area contributed by atoms with Crippen molar-refractivity contribution in [3.05, 3.63) is 16.1 Å². The first kappa shape index (κ1) is 23.6. The summed E-state index contributed by atoms with van der Waals surface area (Å²) < 4.78 is 4.95. The van der Waals surface area contributed by atoms with Gasteiger partial charge in [-0.15, -0.1) is 11.3 Å². The molecule has 0 bridgehead atoms. The molecule has 1 aliphatic heterocycles. The minimum atomic E-state index is 0.0519. The van der Waals surface area contributed by atoms with Crippen LogP contribution < -0.4 is 10.6 Å². The molecule has 0 aliphatic carbocycles. The predicted octanol–water partition coefficient (Wildman–Crippen LogP) is 0.939. The van der Waals surface area contributed by atoms with Crippen LogP contribution in [0.25, 0.3) is 0 Å². The van der Waals surface area contributed by atoms with E-state index in [-0.39, 0.29) is 11.3 Å². The number of carbonyl (C=O) groups is 1. The number of hydrogen-bond acceptors (Lipinski definition) is 6. The molecule has 1 aliphatic rings. The molecule has 1 aromatic rings. The molecule has 164 valence electrons. The minimum absolute atomic E-state index is 0.0519. The lowest BCUT2D eigenvalue weighted by atomic mass is 9.93. The third kappa shape index (κ3) is 7.91. The molecule has 1 saturated heterocycles. The van der Waals surface area contributed by atoms with Crippen LogP contribution in [0.4, 0.5) is 0 Å². The van der Waals surface area contributed by atoms with E-state index in [1.165, 1.54) is 0 Å². The van der Waals surface area contributed by atoms with Gasteiger partial charge in [-0.1, -0.05) is 20.8 Å². The van der Waals surface area contributed by atoms with Gasteiger partial charge in [0.25, 0.3) is 0 Å². The number of hydrogen-bond donors (Lipinski definition) is 2. The maximum Gasteiger partial charge on any atom is 0.234 e. The van der Waals surface area contributed by atoms with Gasteiger partial charge in [-0.25, -0.2) is 4.98 Å². The van der Waals surface area contributed by atoms with Crippen molar-refractivity contribution in [2.45, 2.75) is 32.6 Å². The number of amides is 1. The molecule has 2 rings (SSSR count). The van der Waals surface area contributed by atoms with Gasteiger partial charge in [0, 0.05) is 70.6 Å². The van der Waals surface area contributed by atoms with Gasteiger partial charge in [0.15, 0.2) is 5.96 Å². The monoisotopic (exact) mass is 424 g/mol. The highest BCUT2D eigenvalue weighted by Crippen LogP contribution is 2.23. The third-order valence-electron chi connectivity index (χ3n) is 4.82. The van der Waals surface area contributed by atoms with Crippen LogP contribution >= 0.6 is 11.3 Å². The van der Waals surface area contributed by atoms with Gasteiger partial charge in [-0.2, -0.15) is 0 Å². The molecule has 0 radical (unpaired) electrons. The fourth-order valence-corrected chi connectivity index (χ4v) is 4.08. The van der Waals surface area contributed by atoms with Gasteiger partial charge in [-0.05, 0) is 0 Å². The summed E-state index contributed by atoms with van der Waals surface area (Å²) in [6.45, 7) is 12.3. The molecule has 9 heteroatoms. The first-order valence-electron chi connectivity index (χ1n) is 10.2. The number of aliphatic imine (C=N–C) groups is 1. The highest BCUT2D eigenvalue weighted by Gasteiger charge is 2.21. The van der Waals surface area contributed by atoms with E-state index in [1.54, 1.807) is 18.4 Å². The van der Waals surface area contributed by atoms with Crippen LogP contribution in [0.15, 0.2) is 10.4 Å². The number of piperazine rings is 1. The van der Waals surface area contributed by atoms with E-state index < -0.39 is 0 Å². The number of nitrogens with one attached hydrogen (secondary N) is 2. The van der Waals surface area contributed by atoms with Crippen LogP contribution in [-0.4, -0.2) is 93.2 Å². The number of thiazole rings is 1. The number of guanidine groups is 1. The summed E-state index contributed by atoms with van der Waals surface area (Å²) >= 11 is 1.73. The van der Waals surface area contributed by atoms with E-state index in [4.69, 9.17) is 9.72 Å². The second-order valence-corrected chi connectivity index (χ2v) is 9.15. The van der Waals surface area contributed by atoms with Crippen molar-refractivity contribution in [2.75, 3.05) is 66.6 Å². The maximum absolute atomic E-state index is 11.9. The molecule has 0 saturated carbocycles. The largest absolute Gasteiger partial charge is 0.383 e. The smallest absolute Gasteiger partial charge is 0.234 e. The fraction of sp³-hybridized carbons (Fsp3) is 0.750. The first-order chi connectivity index (χ1) is 13.8. The molecular weight excluding hydrogens is 388 g/mol. The highest BCUT2D eigenvalue weighted by molar-refractivity contribution is 7.09. The molecule has 29 heavy (non-hydrogen) atoms. The average molecular weight is 425 g/mol. The number of carbonyl (C=O) groups excluding carboxylic acids is 1. The number of nitrogens with zero attached hydrogens (tertiary/aromatic N) is 4. The van der Waals surface area contributed by atoms with Crippen LogP contribution in [-0.2, 0) is 21.4 Å². The molecule has 0 unspecified atom stereocenters. The molecule has 1 aromatic heterocycles. The van der Waals surface area contributed by atoms with Crippen molar-refractivity contribution in [3.8, 4) is 0 Å². The van der Waals surface area contributed by atoms with Crippen molar-refractivity contribution in [1.82, 2.24) is 25.4 Å². The Bertz CT molecular complexity index is 662. The summed E-state index contributed by atoms with van der Waals surface area (Å²) in [6.07, 6.45) is 0.890. The van der Waals surface area contributed by atoms with Crippen molar-refractivity contribution in [2.24, 2.45) is 4.99 Å². The summed E-state index contributed by atoms with van der Waals surface area (Å²) in [6, 6.07) is 0. The highest BCUT2D eigenvalue weighted by atomic mass is 32.1. The number of methoxy groups -OCH3 is 1. The quantitative estimate of drug-likeness (QED) is 0.367. The normalized spacial score (nSPS) is 16.2. The van der Waals surface area contributed by atoms with E-state index >= 15 is 0 Å². The molecule has 0 atom stereocenters. The Kier molecular flexibility index (Phi) is 9.32. The van der Waals surface area contributed by atoms with Gasteiger partial charge >= 0.3 is 0 Å². The van der Waals surface area contributed by atoms with E-state index in [0.29, 0.717) is 19.7 Å². The van der Waals surface area contributed by atoms with Crippen LogP contribution in [0.1, 0.15) is 31.5 Å². The molecule has 2 heterocycles. The molecule has 1 amide bonds. The molecule has 0 aromatic carbocycles. The number of ether oxygens (including phenoxy) is 1. The Balaban J connectivity index is 1.70. The van der Waals surface area contributed by atoms with Crippen LogP contribution in [0.2, 0.25) is 0 Å². The zero-order chi connectivity index (χ0) is 21.3. The maximum atomic E-state index is 11.9. The van der Waals surface area contributed by atoms with Gasteiger partial charge in [0.05, 0.1) is 23.9 Å². The second-order valence-electron chi connectivity index (χ2n) is 8.21. The average Bonchev–Trinajstić information content (AvgIpc) is 3.16. The molecular formula is C20H36N6O2S. The summed E-state index contributed by atoms with van der Waals surface area (Å²) in [5.74, 6) is 0.970. The van der Waals surface area contributed by atoms with Crippen molar-refractivity contribution >= 4 is 23.2 Å². The van der Waals surface area contributed by atoms with Crippen LogP contribution in [0.5, 0.6) is 0 Å². The Morgan fingerprint density at radius 1 is 1.24 bits per heavy atom. The van der Waals surface area contributed by atoms with Gasteiger partial charge in [0.2, 0.25) is 5.91 Å². The molecule has 1 fully saturated rings. The van der Waals surface area contributed by atoms with E-state index in [1.807, 2.05) is 7.05 Å². The predicted molar refractivity (Wildman–Crippen MR) is 119 cm³/mol. The van der Waals surface area contributed by atoms with Crippen molar-refractivity contribution in [3.63, 3.8) is 0 Å². The Morgan fingerprint density at radius 3 is 2.55 bits per heavy atom. The van der Waals surface area contributed by atoms with Gasteiger partial charge < -0.3 is 20.3 Å².